The maximum absolute atomic E-state index is 13.1. The van der Waals surface area contributed by atoms with E-state index in [0.717, 1.165) is 18.2 Å². The van der Waals surface area contributed by atoms with Gasteiger partial charge in [0, 0.05) is 31.8 Å². The summed E-state index contributed by atoms with van der Waals surface area (Å²) in [5.41, 5.74) is 1.60. The van der Waals surface area contributed by atoms with E-state index < -0.39 is 11.6 Å². The van der Waals surface area contributed by atoms with E-state index in [1.165, 1.54) is 12.1 Å². The summed E-state index contributed by atoms with van der Waals surface area (Å²) in [6.45, 7) is 0. The number of nitrogens with zero attached hydrogens (tertiary/aromatic N) is 2. The average Bonchev–Trinajstić information content (AvgIpc) is 2.72. The Kier molecular flexibility index (Phi) is 4.27. The molecule has 0 amide bonds. The zero-order valence-corrected chi connectivity index (χ0v) is 11.0. The molecule has 1 heterocycles. The van der Waals surface area contributed by atoms with Crippen LogP contribution in [0.5, 0.6) is 0 Å². The smallest absolute Gasteiger partial charge is 0.126 e. The van der Waals surface area contributed by atoms with Crippen molar-refractivity contribution < 1.29 is 8.78 Å². The van der Waals surface area contributed by atoms with Gasteiger partial charge in [0.2, 0.25) is 0 Å². The normalized spacial score (nSPS) is 12.6. The second-order valence-corrected chi connectivity index (χ2v) is 4.65. The van der Waals surface area contributed by atoms with Crippen molar-refractivity contribution in [3.05, 3.63) is 53.4 Å². The summed E-state index contributed by atoms with van der Waals surface area (Å²) in [4.78, 5) is 0. The van der Waals surface area contributed by atoms with Gasteiger partial charge in [-0.1, -0.05) is 0 Å². The third-order valence-corrected chi connectivity index (χ3v) is 3.04. The van der Waals surface area contributed by atoms with Gasteiger partial charge in [-0.15, -0.1) is 0 Å². The molecule has 0 aliphatic carbocycles. The fraction of sp³-hybridized carbons (Fsp3) is 0.357. The van der Waals surface area contributed by atoms with Crippen molar-refractivity contribution in [2.75, 3.05) is 7.05 Å². The number of hydrogen-bond donors (Lipinski definition) is 1. The van der Waals surface area contributed by atoms with Gasteiger partial charge in [-0.3, -0.25) is 4.68 Å². The maximum Gasteiger partial charge on any atom is 0.126 e. The molecule has 1 aromatic heterocycles. The van der Waals surface area contributed by atoms with Crippen molar-refractivity contribution in [2.45, 2.75) is 18.9 Å². The minimum atomic E-state index is -0.539. The Labute approximate surface area is 111 Å². The first kappa shape index (κ1) is 13.7. The molecule has 5 heteroatoms. The Morgan fingerprint density at radius 2 is 1.89 bits per heavy atom. The summed E-state index contributed by atoms with van der Waals surface area (Å²) in [6.07, 6.45) is 3.15. The molecular formula is C14H17F2N3. The third kappa shape index (κ3) is 3.86. The van der Waals surface area contributed by atoms with E-state index in [9.17, 15) is 8.78 Å². The average molecular weight is 265 g/mol. The van der Waals surface area contributed by atoms with Gasteiger partial charge >= 0.3 is 0 Å². The zero-order chi connectivity index (χ0) is 13.8. The van der Waals surface area contributed by atoms with Gasteiger partial charge in [0.15, 0.2) is 0 Å². The standard InChI is InChI=1S/C14H17F2N3/c1-17-14(9-13-3-4-19(2)18-13)7-10-5-11(15)8-12(16)6-10/h3-6,8,14,17H,7,9H2,1-2H3. The Balaban J connectivity index is 2.06. The highest BCUT2D eigenvalue weighted by molar-refractivity contribution is 5.19. The van der Waals surface area contributed by atoms with Crippen LogP contribution in [0.2, 0.25) is 0 Å². The first-order valence-electron chi connectivity index (χ1n) is 6.17. The van der Waals surface area contributed by atoms with Crippen molar-refractivity contribution in [1.82, 2.24) is 15.1 Å². The first-order chi connectivity index (χ1) is 9.06. The number of likely N-dealkylation sites (N-methyl/N-ethyl adjacent to an activating group) is 1. The topological polar surface area (TPSA) is 29.9 Å². The van der Waals surface area contributed by atoms with Crippen LogP contribution in [0.3, 0.4) is 0 Å². The Morgan fingerprint density at radius 3 is 2.42 bits per heavy atom. The summed E-state index contributed by atoms with van der Waals surface area (Å²) in [5, 5.41) is 7.46. The van der Waals surface area contributed by atoms with Crippen LogP contribution in [-0.4, -0.2) is 22.9 Å². The monoisotopic (exact) mass is 265 g/mol. The predicted octanol–water partition coefficient (Wildman–Crippen LogP) is 2.07. The van der Waals surface area contributed by atoms with Crippen LogP contribution in [0.4, 0.5) is 8.78 Å². The van der Waals surface area contributed by atoms with Gasteiger partial charge in [-0.05, 0) is 37.2 Å². The van der Waals surface area contributed by atoms with E-state index in [2.05, 4.69) is 10.4 Å². The first-order valence-corrected chi connectivity index (χ1v) is 6.17. The van der Waals surface area contributed by atoms with Crippen LogP contribution in [0.1, 0.15) is 11.3 Å². The van der Waals surface area contributed by atoms with Crippen LogP contribution in [0.15, 0.2) is 30.5 Å². The van der Waals surface area contributed by atoms with Crippen molar-refractivity contribution in [3.63, 3.8) is 0 Å². The second-order valence-electron chi connectivity index (χ2n) is 4.65. The van der Waals surface area contributed by atoms with Gasteiger partial charge in [-0.25, -0.2) is 8.78 Å². The number of nitrogens with one attached hydrogen (secondary N) is 1. The summed E-state index contributed by atoms with van der Waals surface area (Å²) < 4.78 is 28.0. The summed E-state index contributed by atoms with van der Waals surface area (Å²) in [6, 6.07) is 5.65. The SMILES string of the molecule is CNC(Cc1cc(F)cc(F)c1)Cc1ccn(C)n1. The number of benzene rings is 1. The Hall–Kier alpha value is -1.75. The van der Waals surface area contributed by atoms with Crippen LogP contribution in [0, 0.1) is 11.6 Å². The molecule has 0 aliphatic rings. The largest absolute Gasteiger partial charge is 0.316 e. The molecular weight excluding hydrogens is 248 g/mol. The van der Waals surface area contributed by atoms with Gasteiger partial charge in [-0.2, -0.15) is 5.10 Å². The number of aromatic nitrogens is 2. The highest BCUT2D eigenvalue weighted by Crippen LogP contribution is 2.12. The third-order valence-electron chi connectivity index (χ3n) is 3.04. The summed E-state index contributed by atoms with van der Waals surface area (Å²) >= 11 is 0. The molecule has 2 aromatic rings. The molecule has 0 aliphatic heterocycles. The van der Waals surface area contributed by atoms with Gasteiger partial charge in [0.05, 0.1) is 5.69 Å². The van der Waals surface area contributed by atoms with Crippen molar-refractivity contribution in [2.24, 2.45) is 7.05 Å². The Bertz CT molecular complexity index is 531. The van der Waals surface area contributed by atoms with Crippen molar-refractivity contribution in [3.8, 4) is 0 Å². The lowest BCUT2D eigenvalue weighted by Gasteiger charge is -2.15. The van der Waals surface area contributed by atoms with Crippen molar-refractivity contribution in [1.29, 1.82) is 0 Å². The lowest BCUT2D eigenvalue weighted by atomic mass is 10.0. The van der Waals surface area contributed by atoms with E-state index in [0.29, 0.717) is 12.0 Å². The van der Waals surface area contributed by atoms with Gasteiger partial charge < -0.3 is 5.32 Å². The fourth-order valence-electron chi connectivity index (χ4n) is 2.11. The molecule has 0 spiro atoms. The molecule has 19 heavy (non-hydrogen) atoms. The molecule has 0 fully saturated rings. The van der Waals surface area contributed by atoms with E-state index in [-0.39, 0.29) is 6.04 Å². The lowest BCUT2D eigenvalue weighted by Crippen LogP contribution is -2.30. The van der Waals surface area contributed by atoms with E-state index >= 15 is 0 Å². The van der Waals surface area contributed by atoms with Gasteiger partial charge in [0.1, 0.15) is 11.6 Å². The lowest BCUT2D eigenvalue weighted by molar-refractivity contribution is 0.536. The Morgan fingerprint density at radius 1 is 1.21 bits per heavy atom. The molecule has 1 atom stereocenters. The minimum Gasteiger partial charge on any atom is -0.316 e. The predicted molar refractivity (Wildman–Crippen MR) is 69.8 cm³/mol. The number of aryl methyl sites for hydroxylation is 1. The molecule has 0 bridgehead atoms. The van der Waals surface area contributed by atoms with Crippen LogP contribution in [-0.2, 0) is 19.9 Å². The molecule has 1 N–H and O–H groups in total. The van der Waals surface area contributed by atoms with Crippen LogP contribution >= 0.6 is 0 Å². The fourth-order valence-corrected chi connectivity index (χ4v) is 2.11. The molecule has 0 saturated carbocycles. The molecule has 102 valence electrons. The zero-order valence-electron chi connectivity index (χ0n) is 11.0. The quantitative estimate of drug-likeness (QED) is 0.897. The summed E-state index contributed by atoms with van der Waals surface area (Å²) in [5.74, 6) is -1.08. The van der Waals surface area contributed by atoms with E-state index in [4.69, 9.17) is 0 Å². The van der Waals surface area contributed by atoms with Crippen LogP contribution < -0.4 is 5.32 Å². The molecule has 0 radical (unpaired) electrons. The van der Waals surface area contributed by atoms with Crippen molar-refractivity contribution >= 4 is 0 Å². The minimum absolute atomic E-state index is 0.0936. The molecule has 0 saturated heterocycles. The van der Waals surface area contributed by atoms with Gasteiger partial charge in [0.25, 0.3) is 0 Å². The molecule has 3 nitrogen and oxygen atoms in total. The van der Waals surface area contributed by atoms with E-state index in [1.54, 1.807) is 4.68 Å². The second kappa shape index (κ2) is 5.93. The van der Waals surface area contributed by atoms with Crippen LogP contribution in [0.25, 0.3) is 0 Å². The highest BCUT2D eigenvalue weighted by Gasteiger charge is 2.11. The maximum atomic E-state index is 13.1. The summed E-state index contributed by atoms with van der Waals surface area (Å²) in [7, 11) is 3.70. The number of halogens is 2. The van der Waals surface area contributed by atoms with E-state index in [1.807, 2.05) is 26.4 Å². The number of hydrogen-bond acceptors (Lipinski definition) is 2. The molecule has 1 unspecified atom stereocenters. The number of rotatable bonds is 5. The molecule has 2 rings (SSSR count). The highest BCUT2D eigenvalue weighted by atomic mass is 19.1. The molecule has 1 aromatic carbocycles.